The quantitative estimate of drug-likeness (QED) is 0.608. The van der Waals surface area contributed by atoms with Crippen LogP contribution in [0.1, 0.15) is 30.9 Å². The first kappa shape index (κ1) is 11.5. The molecule has 0 radical (unpaired) electrons. The minimum Gasteiger partial charge on any atom is -0.419 e. The number of halogens is 1. The van der Waals surface area contributed by atoms with Crippen molar-refractivity contribution in [3.05, 3.63) is 29.3 Å². The number of hydrogen-bond donors (Lipinski definition) is 0. The van der Waals surface area contributed by atoms with E-state index in [0.29, 0.717) is 11.7 Å². The topological polar surface area (TPSA) is 26.3 Å². The summed E-state index contributed by atoms with van der Waals surface area (Å²) < 4.78 is 4.78. The average Bonchev–Trinajstić information content (AvgIpc) is 2.07. The van der Waals surface area contributed by atoms with E-state index in [2.05, 4.69) is 19.9 Å². The molecule has 0 fully saturated rings. The van der Waals surface area contributed by atoms with Crippen molar-refractivity contribution in [2.75, 3.05) is 0 Å². The molecule has 0 aromatic heterocycles. The Morgan fingerprint density at radius 3 is 2.57 bits per heavy atom. The third-order valence-corrected chi connectivity index (χ3v) is 2.29. The Labute approximate surface area is 97.8 Å². The van der Waals surface area contributed by atoms with Crippen LogP contribution in [0.15, 0.2) is 18.2 Å². The fourth-order valence-corrected chi connectivity index (χ4v) is 1.41. The van der Waals surface area contributed by atoms with Crippen molar-refractivity contribution >= 4 is 26.6 Å². The lowest BCUT2D eigenvalue weighted by Crippen LogP contribution is -1.99. The summed E-state index contributed by atoms with van der Waals surface area (Å²) in [6.07, 6.45) is 0. The second-order valence-electron chi connectivity index (χ2n) is 3.52. The Hall–Kier alpha value is -0.580. The predicted octanol–water partition coefficient (Wildman–Crippen LogP) is 4.05. The molecule has 1 aromatic carbocycles. The maximum absolute atomic E-state index is 10.8. The lowest BCUT2D eigenvalue weighted by molar-refractivity contribution is 0.230. The summed E-state index contributed by atoms with van der Waals surface area (Å²) in [4.78, 5) is 10.8. The summed E-state index contributed by atoms with van der Waals surface area (Å²) in [5.41, 5.74) is 2.17. The molecule has 0 heterocycles. The van der Waals surface area contributed by atoms with Gasteiger partial charge in [0.2, 0.25) is 0 Å². The van der Waals surface area contributed by atoms with Crippen molar-refractivity contribution in [2.45, 2.75) is 26.7 Å². The molecular formula is C11H13IO2. The predicted molar refractivity (Wildman–Crippen MR) is 65.3 cm³/mol. The van der Waals surface area contributed by atoms with Crippen LogP contribution in [-0.4, -0.2) is 3.98 Å². The lowest BCUT2D eigenvalue weighted by atomic mass is 10.0. The van der Waals surface area contributed by atoms with Crippen LogP contribution < -0.4 is 4.74 Å². The Balaban J connectivity index is 3.02. The summed E-state index contributed by atoms with van der Waals surface area (Å²) >= 11 is 1.63. The zero-order chi connectivity index (χ0) is 10.7. The van der Waals surface area contributed by atoms with Gasteiger partial charge < -0.3 is 4.74 Å². The SMILES string of the molecule is Cc1ccc(C(C)C)cc1OC(=O)I. The zero-order valence-corrected chi connectivity index (χ0v) is 10.7. The minimum atomic E-state index is -0.299. The second kappa shape index (κ2) is 4.77. The van der Waals surface area contributed by atoms with Gasteiger partial charge in [-0.05, 0) is 30.0 Å². The van der Waals surface area contributed by atoms with Crippen LogP contribution in [0, 0.1) is 6.92 Å². The van der Waals surface area contributed by atoms with Crippen LogP contribution in [0.2, 0.25) is 0 Å². The fraction of sp³-hybridized carbons (Fsp3) is 0.364. The highest BCUT2D eigenvalue weighted by Crippen LogP contribution is 2.24. The molecule has 1 aromatic rings. The van der Waals surface area contributed by atoms with Crippen molar-refractivity contribution in [1.82, 2.24) is 0 Å². The van der Waals surface area contributed by atoms with E-state index in [1.165, 1.54) is 5.56 Å². The van der Waals surface area contributed by atoms with Gasteiger partial charge in [0.15, 0.2) is 0 Å². The van der Waals surface area contributed by atoms with Crippen molar-refractivity contribution in [2.24, 2.45) is 0 Å². The molecule has 2 nitrogen and oxygen atoms in total. The highest BCUT2D eigenvalue weighted by atomic mass is 127. The van der Waals surface area contributed by atoms with E-state index >= 15 is 0 Å². The molecule has 0 bridgehead atoms. The largest absolute Gasteiger partial charge is 0.419 e. The van der Waals surface area contributed by atoms with E-state index in [0.717, 1.165) is 5.56 Å². The third kappa shape index (κ3) is 2.97. The van der Waals surface area contributed by atoms with Crippen LogP contribution in [0.4, 0.5) is 4.79 Å². The summed E-state index contributed by atoms with van der Waals surface area (Å²) in [5, 5.41) is 0. The van der Waals surface area contributed by atoms with Gasteiger partial charge in [-0.2, -0.15) is 0 Å². The average molecular weight is 304 g/mol. The maximum atomic E-state index is 10.8. The molecule has 0 spiro atoms. The summed E-state index contributed by atoms with van der Waals surface area (Å²) in [7, 11) is 0. The van der Waals surface area contributed by atoms with Gasteiger partial charge in [-0.25, -0.2) is 4.79 Å². The molecule has 0 atom stereocenters. The molecule has 0 amide bonds. The summed E-state index contributed by atoms with van der Waals surface area (Å²) in [6.45, 7) is 6.15. The highest BCUT2D eigenvalue weighted by molar-refractivity contribution is 14.1. The van der Waals surface area contributed by atoms with E-state index in [1.54, 1.807) is 22.6 Å². The van der Waals surface area contributed by atoms with Crippen LogP contribution in [-0.2, 0) is 0 Å². The molecule has 0 aliphatic rings. The Bertz CT molecular complexity index is 345. The molecule has 3 heteroatoms. The van der Waals surface area contributed by atoms with Gasteiger partial charge in [-0.3, -0.25) is 0 Å². The van der Waals surface area contributed by atoms with Crippen molar-refractivity contribution in [1.29, 1.82) is 0 Å². The molecule has 1 rings (SSSR count). The van der Waals surface area contributed by atoms with Crippen LogP contribution in [0.5, 0.6) is 5.75 Å². The normalized spacial score (nSPS) is 10.4. The van der Waals surface area contributed by atoms with E-state index < -0.39 is 0 Å². The molecule has 76 valence electrons. The van der Waals surface area contributed by atoms with Gasteiger partial charge in [-0.15, -0.1) is 0 Å². The maximum Gasteiger partial charge on any atom is 0.372 e. The number of carbonyl (C=O) groups excluding carboxylic acids is 1. The van der Waals surface area contributed by atoms with Gasteiger partial charge in [0.25, 0.3) is 0 Å². The Kier molecular flexibility index (Phi) is 3.92. The van der Waals surface area contributed by atoms with Crippen LogP contribution in [0.25, 0.3) is 0 Å². The fourth-order valence-electron chi connectivity index (χ4n) is 1.17. The number of hydrogen-bond acceptors (Lipinski definition) is 2. The standard InChI is InChI=1S/C11H13IO2/c1-7(2)9-5-4-8(3)10(6-9)14-11(12)13/h4-7H,1-3H3. The molecular weight excluding hydrogens is 291 g/mol. The molecule has 0 N–H and O–H groups in total. The molecule has 0 aliphatic heterocycles. The monoisotopic (exact) mass is 304 g/mol. The van der Waals surface area contributed by atoms with E-state index in [-0.39, 0.29) is 3.98 Å². The Morgan fingerprint density at radius 1 is 1.43 bits per heavy atom. The number of aryl methyl sites for hydroxylation is 1. The van der Waals surface area contributed by atoms with Crippen LogP contribution in [0.3, 0.4) is 0 Å². The first-order valence-electron chi connectivity index (χ1n) is 4.48. The first-order chi connectivity index (χ1) is 6.50. The second-order valence-corrected chi connectivity index (χ2v) is 4.40. The van der Waals surface area contributed by atoms with E-state index in [1.807, 2.05) is 19.1 Å². The number of benzene rings is 1. The van der Waals surface area contributed by atoms with E-state index in [9.17, 15) is 4.79 Å². The molecule has 0 saturated heterocycles. The summed E-state index contributed by atoms with van der Waals surface area (Å²) in [6, 6.07) is 5.96. The molecule has 14 heavy (non-hydrogen) atoms. The zero-order valence-electron chi connectivity index (χ0n) is 8.50. The smallest absolute Gasteiger partial charge is 0.372 e. The van der Waals surface area contributed by atoms with Crippen LogP contribution >= 0.6 is 22.6 Å². The van der Waals surface area contributed by atoms with E-state index in [4.69, 9.17) is 4.74 Å². The highest BCUT2D eigenvalue weighted by Gasteiger charge is 2.06. The third-order valence-electron chi connectivity index (χ3n) is 2.07. The number of ether oxygens (including phenoxy) is 1. The number of carbonyl (C=O) groups is 1. The summed E-state index contributed by atoms with van der Waals surface area (Å²) in [5.74, 6) is 1.11. The van der Waals surface area contributed by atoms with Crippen molar-refractivity contribution < 1.29 is 9.53 Å². The molecule has 0 saturated carbocycles. The molecule has 0 unspecified atom stereocenters. The first-order valence-corrected chi connectivity index (χ1v) is 5.56. The lowest BCUT2D eigenvalue weighted by Gasteiger charge is -2.09. The Morgan fingerprint density at radius 2 is 2.07 bits per heavy atom. The van der Waals surface area contributed by atoms with Crippen molar-refractivity contribution in [3.8, 4) is 5.75 Å². The van der Waals surface area contributed by atoms with Crippen molar-refractivity contribution in [3.63, 3.8) is 0 Å². The van der Waals surface area contributed by atoms with Gasteiger partial charge >= 0.3 is 3.98 Å². The van der Waals surface area contributed by atoms with Gasteiger partial charge in [0.1, 0.15) is 5.75 Å². The minimum absolute atomic E-state index is 0.299. The molecule has 0 aliphatic carbocycles. The number of rotatable bonds is 2. The van der Waals surface area contributed by atoms with Gasteiger partial charge in [0, 0.05) is 0 Å². The van der Waals surface area contributed by atoms with Gasteiger partial charge in [-0.1, -0.05) is 26.0 Å². The van der Waals surface area contributed by atoms with Gasteiger partial charge in [0.05, 0.1) is 22.6 Å².